The summed E-state index contributed by atoms with van der Waals surface area (Å²) in [5.41, 5.74) is 14.9. The summed E-state index contributed by atoms with van der Waals surface area (Å²) >= 11 is 1.86. The van der Waals surface area contributed by atoms with E-state index in [0.29, 0.717) is 6.54 Å². The van der Waals surface area contributed by atoms with Crippen LogP contribution < -0.4 is 5.48 Å². The van der Waals surface area contributed by atoms with Crippen molar-refractivity contribution in [3.05, 3.63) is 105 Å². The number of allylic oxidation sites excluding steroid dienone is 1. The van der Waals surface area contributed by atoms with Gasteiger partial charge in [-0.25, -0.2) is 5.48 Å². The van der Waals surface area contributed by atoms with E-state index in [0.717, 1.165) is 31.2 Å². The molecule has 2 nitrogen and oxygen atoms in total. The summed E-state index contributed by atoms with van der Waals surface area (Å²) in [6.07, 6.45) is 6.94. The Morgan fingerprint density at radius 3 is 2.56 bits per heavy atom. The Labute approximate surface area is 192 Å². The van der Waals surface area contributed by atoms with Crippen molar-refractivity contribution in [2.75, 3.05) is 0 Å². The highest BCUT2D eigenvalue weighted by Gasteiger charge is 2.22. The molecule has 0 atom stereocenters. The molecule has 2 aliphatic rings. The highest BCUT2D eigenvalue weighted by molar-refractivity contribution is 7.16. The van der Waals surface area contributed by atoms with Gasteiger partial charge in [-0.2, -0.15) is 0 Å². The minimum absolute atomic E-state index is 0.461. The van der Waals surface area contributed by atoms with Gasteiger partial charge in [-0.3, -0.25) is 0 Å². The maximum Gasteiger partial charge on any atom is 0.0458 e. The van der Waals surface area contributed by atoms with Crippen LogP contribution >= 0.6 is 11.3 Å². The molecule has 0 unspecified atom stereocenters. The molecule has 3 heteroatoms. The van der Waals surface area contributed by atoms with Crippen LogP contribution in [0.3, 0.4) is 0 Å². The number of nitrogens with one attached hydrogen (secondary N) is 1. The molecule has 2 N–H and O–H groups in total. The lowest BCUT2D eigenvalue weighted by Gasteiger charge is -2.26. The molecule has 0 saturated heterocycles. The molecule has 1 aromatic heterocycles. The molecule has 32 heavy (non-hydrogen) atoms. The van der Waals surface area contributed by atoms with Gasteiger partial charge in [-0.05, 0) is 94.0 Å². The van der Waals surface area contributed by atoms with Crippen LogP contribution in [0, 0.1) is 0 Å². The number of rotatable bonds is 4. The minimum Gasteiger partial charge on any atom is -0.316 e. The van der Waals surface area contributed by atoms with E-state index in [1.54, 1.807) is 11.1 Å². The largest absolute Gasteiger partial charge is 0.316 e. The first-order chi connectivity index (χ1) is 15.8. The predicted octanol–water partition coefficient (Wildman–Crippen LogP) is 7.15. The van der Waals surface area contributed by atoms with Crippen LogP contribution in [0.25, 0.3) is 33.2 Å². The van der Waals surface area contributed by atoms with Gasteiger partial charge in [0.05, 0.1) is 0 Å². The molecule has 0 saturated carbocycles. The van der Waals surface area contributed by atoms with Gasteiger partial charge in [-0.15, -0.1) is 11.3 Å². The first kappa shape index (κ1) is 19.7. The molecule has 0 radical (unpaired) electrons. The lowest BCUT2D eigenvalue weighted by atomic mass is 9.78. The number of benzene rings is 3. The fourth-order valence-corrected chi connectivity index (χ4v) is 6.29. The van der Waals surface area contributed by atoms with Crippen molar-refractivity contribution < 1.29 is 5.21 Å². The molecule has 0 fully saturated rings. The summed E-state index contributed by atoms with van der Waals surface area (Å²) < 4.78 is 0. The third-order valence-corrected chi connectivity index (χ3v) is 8.02. The van der Waals surface area contributed by atoms with Gasteiger partial charge < -0.3 is 5.21 Å². The Hall–Kier alpha value is -2.98. The monoisotopic (exact) mass is 435 g/mol. The molecule has 0 aliphatic heterocycles. The highest BCUT2D eigenvalue weighted by Crippen LogP contribution is 2.42. The standard InChI is InChI=1S/C29H25NOS/c31-30-18-19-4-3-6-22(16-19)28-14-15-29(32-28)23-10-11-25-21(17-23)9-13-26-24-7-2-1-5-20(24)8-12-27(25)26/h1-7,9,13-17,30-31H,8,10-12,18H2. The van der Waals surface area contributed by atoms with E-state index in [9.17, 15) is 0 Å². The normalized spacial score (nSPS) is 14.3. The highest BCUT2D eigenvalue weighted by atomic mass is 32.1. The molecule has 2 aliphatic carbocycles. The second-order valence-electron chi connectivity index (χ2n) is 8.69. The van der Waals surface area contributed by atoms with Gasteiger partial charge in [0.2, 0.25) is 0 Å². The number of aryl methyl sites for hydroxylation is 1. The second-order valence-corrected chi connectivity index (χ2v) is 9.77. The summed E-state index contributed by atoms with van der Waals surface area (Å²) in [5.74, 6) is 0. The second kappa shape index (κ2) is 8.18. The Kier molecular flexibility index (Phi) is 5.03. The number of fused-ring (bicyclic) bond motifs is 5. The van der Waals surface area contributed by atoms with Crippen molar-refractivity contribution >= 4 is 23.0 Å². The van der Waals surface area contributed by atoms with E-state index in [-0.39, 0.29) is 0 Å². The molecule has 0 spiro atoms. The summed E-state index contributed by atoms with van der Waals surface area (Å²) in [6, 6.07) is 26.4. The van der Waals surface area contributed by atoms with E-state index in [1.165, 1.54) is 43.1 Å². The average molecular weight is 436 g/mol. The zero-order chi connectivity index (χ0) is 21.5. The van der Waals surface area contributed by atoms with Crippen molar-refractivity contribution in [3.8, 4) is 21.6 Å². The summed E-state index contributed by atoms with van der Waals surface area (Å²) in [5, 5.41) is 9.00. The summed E-state index contributed by atoms with van der Waals surface area (Å²) in [4.78, 5) is 2.63. The Bertz CT molecular complexity index is 1350. The van der Waals surface area contributed by atoms with Gasteiger partial charge in [-0.1, -0.05) is 60.7 Å². The number of thiophene rings is 1. The molecule has 1 heterocycles. The zero-order valence-electron chi connectivity index (χ0n) is 17.9. The van der Waals surface area contributed by atoms with Gasteiger partial charge in [0.15, 0.2) is 0 Å². The first-order valence-corrected chi connectivity index (χ1v) is 12.1. The van der Waals surface area contributed by atoms with E-state index in [1.807, 2.05) is 17.4 Å². The molecule has 0 amide bonds. The topological polar surface area (TPSA) is 32.3 Å². The first-order valence-electron chi connectivity index (χ1n) is 11.3. The summed E-state index contributed by atoms with van der Waals surface area (Å²) in [6.45, 7) is 0.461. The maximum atomic E-state index is 9.00. The Balaban J connectivity index is 1.33. The predicted molar refractivity (Wildman–Crippen MR) is 134 cm³/mol. The van der Waals surface area contributed by atoms with Crippen molar-refractivity contribution in [1.29, 1.82) is 0 Å². The average Bonchev–Trinajstić information content (AvgIpc) is 3.34. The lowest BCUT2D eigenvalue weighted by molar-refractivity contribution is 0.161. The molecule has 0 bridgehead atoms. The van der Waals surface area contributed by atoms with E-state index in [2.05, 4.69) is 78.3 Å². The Morgan fingerprint density at radius 1 is 0.750 bits per heavy atom. The van der Waals surface area contributed by atoms with Crippen LogP contribution in [0.4, 0.5) is 0 Å². The van der Waals surface area contributed by atoms with Crippen molar-refractivity contribution in [3.63, 3.8) is 0 Å². The molecular weight excluding hydrogens is 410 g/mol. The minimum atomic E-state index is 0.461. The maximum absolute atomic E-state index is 9.00. The molecular formula is C29H25NOS. The van der Waals surface area contributed by atoms with E-state index < -0.39 is 0 Å². The van der Waals surface area contributed by atoms with Crippen molar-refractivity contribution in [2.45, 2.75) is 32.2 Å². The summed E-state index contributed by atoms with van der Waals surface area (Å²) in [7, 11) is 0. The lowest BCUT2D eigenvalue weighted by Crippen LogP contribution is -2.10. The van der Waals surface area contributed by atoms with Gasteiger partial charge in [0, 0.05) is 16.3 Å². The van der Waals surface area contributed by atoms with Crippen molar-refractivity contribution in [1.82, 2.24) is 5.48 Å². The number of hydrogen-bond acceptors (Lipinski definition) is 3. The zero-order valence-corrected chi connectivity index (χ0v) is 18.7. The quantitative estimate of drug-likeness (QED) is 0.334. The van der Waals surface area contributed by atoms with E-state index in [4.69, 9.17) is 5.21 Å². The van der Waals surface area contributed by atoms with Crippen LogP contribution in [-0.2, 0) is 25.8 Å². The third-order valence-electron chi connectivity index (χ3n) is 6.81. The molecule has 158 valence electrons. The third kappa shape index (κ3) is 3.43. The van der Waals surface area contributed by atoms with Crippen LogP contribution in [0.5, 0.6) is 0 Å². The van der Waals surface area contributed by atoms with Crippen molar-refractivity contribution in [2.24, 2.45) is 0 Å². The van der Waals surface area contributed by atoms with Crippen LogP contribution in [0.2, 0.25) is 0 Å². The number of hydroxylamine groups is 1. The number of hydrogen-bond donors (Lipinski definition) is 2. The smallest absolute Gasteiger partial charge is 0.0458 e. The fourth-order valence-electron chi connectivity index (χ4n) is 5.25. The van der Waals surface area contributed by atoms with E-state index >= 15 is 0 Å². The Morgan fingerprint density at radius 2 is 1.62 bits per heavy atom. The molecule has 4 aromatic rings. The SMILES string of the molecule is ONCc1cccc(-c2ccc(C3=Cc4ccc5c(c4CC3)CCc3ccccc3-5)s2)c1. The van der Waals surface area contributed by atoms with Crippen LogP contribution in [-0.4, -0.2) is 5.21 Å². The molecule has 3 aromatic carbocycles. The van der Waals surface area contributed by atoms with Crippen LogP contribution in [0.1, 0.15) is 39.1 Å². The molecule has 6 rings (SSSR count). The fraction of sp³-hybridized carbons (Fsp3) is 0.172. The van der Waals surface area contributed by atoms with Gasteiger partial charge in [0.1, 0.15) is 0 Å². The van der Waals surface area contributed by atoms with Gasteiger partial charge in [0.25, 0.3) is 0 Å². The van der Waals surface area contributed by atoms with Crippen LogP contribution in [0.15, 0.2) is 72.8 Å². The van der Waals surface area contributed by atoms with Gasteiger partial charge >= 0.3 is 0 Å².